The standard InChI is InChI=1S/C11H15N3O4/c1-14-6-8(11(16)17)9(13-14)10(15)12-5-7-3-2-4-18-7/h6-7H,2-5H2,1H3,(H,12,15)(H,16,17)/t7-/m1/s1. The minimum atomic E-state index is -1.16. The van der Waals surface area contributed by atoms with Crippen LogP contribution in [0, 0.1) is 0 Å². The summed E-state index contributed by atoms with van der Waals surface area (Å²) in [5, 5.41) is 15.5. The zero-order valence-corrected chi connectivity index (χ0v) is 10.0. The van der Waals surface area contributed by atoms with Gasteiger partial charge in [0.15, 0.2) is 5.69 Å². The van der Waals surface area contributed by atoms with E-state index in [-0.39, 0.29) is 17.4 Å². The molecule has 2 N–H and O–H groups in total. The summed E-state index contributed by atoms with van der Waals surface area (Å²) in [5.74, 6) is -1.64. The fourth-order valence-corrected chi connectivity index (χ4v) is 1.91. The topological polar surface area (TPSA) is 93.5 Å². The molecule has 0 saturated carbocycles. The van der Waals surface area contributed by atoms with E-state index in [1.807, 2.05) is 0 Å². The van der Waals surface area contributed by atoms with Gasteiger partial charge in [-0.25, -0.2) is 4.79 Å². The average molecular weight is 253 g/mol. The van der Waals surface area contributed by atoms with Crippen LogP contribution >= 0.6 is 0 Å². The van der Waals surface area contributed by atoms with Gasteiger partial charge in [0.1, 0.15) is 5.56 Å². The maximum absolute atomic E-state index is 11.8. The Morgan fingerprint density at radius 2 is 2.44 bits per heavy atom. The fraction of sp³-hybridized carbons (Fsp3) is 0.545. The van der Waals surface area contributed by atoms with Crippen LogP contribution < -0.4 is 5.32 Å². The van der Waals surface area contributed by atoms with Crippen LogP contribution in [-0.2, 0) is 11.8 Å². The number of nitrogens with one attached hydrogen (secondary N) is 1. The maximum atomic E-state index is 11.8. The largest absolute Gasteiger partial charge is 0.478 e. The van der Waals surface area contributed by atoms with Gasteiger partial charge in [0.25, 0.3) is 5.91 Å². The van der Waals surface area contributed by atoms with Crippen molar-refractivity contribution in [2.24, 2.45) is 7.05 Å². The van der Waals surface area contributed by atoms with Crippen molar-refractivity contribution >= 4 is 11.9 Å². The molecule has 2 rings (SSSR count). The Morgan fingerprint density at radius 3 is 3.06 bits per heavy atom. The molecule has 1 aromatic heterocycles. The summed E-state index contributed by atoms with van der Waals surface area (Å²) in [7, 11) is 1.57. The summed E-state index contributed by atoms with van der Waals surface area (Å²) in [6.45, 7) is 1.10. The second-order valence-electron chi connectivity index (χ2n) is 4.22. The number of aryl methyl sites for hydroxylation is 1. The van der Waals surface area contributed by atoms with Gasteiger partial charge in [-0.2, -0.15) is 5.10 Å². The van der Waals surface area contributed by atoms with Gasteiger partial charge in [-0.15, -0.1) is 0 Å². The van der Waals surface area contributed by atoms with E-state index in [2.05, 4.69) is 10.4 Å². The molecule has 2 heterocycles. The number of carbonyl (C=O) groups excluding carboxylic acids is 1. The van der Waals surface area contributed by atoms with E-state index in [9.17, 15) is 9.59 Å². The first-order valence-electron chi connectivity index (χ1n) is 5.74. The monoisotopic (exact) mass is 253 g/mol. The number of ether oxygens (including phenoxy) is 1. The Balaban J connectivity index is 2.01. The van der Waals surface area contributed by atoms with Crippen molar-refractivity contribution in [1.82, 2.24) is 15.1 Å². The van der Waals surface area contributed by atoms with Crippen LogP contribution in [0.4, 0.5) is 0 Å². The molecule has 7 nitrogen and oxygen atoms in total. The third kappa shape index (κ3) is 2.67. The van der Waals surface area contributed by atoms with Gasteiger partial charge >= 0.3 is 5.97 Å². The summed E-state index contributed by atoms with van der Waals surface area (Å²) in [4.78, 5) is 22.8. The number of carboxylic acid groups (broad SMARTS) is 1. The SMILES string of the molecule is Cn1cc(C(=O)O)c(C(=O)NC[C@H]2CCCO2)n1. The predicted molar refractivity (Wildman–Crippen MR) is 61.5 cm³/mol. The molecule has 0 radical (unpaired) electrons. The Kier molecular flexibility index (Phi) is 3.61. The van der Waals surface area contributed by atoms with E-state index < -0.39 is 11.9 Å². The van der Waals surface area contributed by atoms with Crippen LogP contribution in [0.15, 0.2) is 6.20 Å². The molecular weight excluding hydrogens is 238 g/mol. The molecule has 7 heteroatoms. The number of carboxylic acids is 1. The highest BCUT2D eigenvalue weighted by molar-refractivity contribution is 6.03. The highest BCUT2D eigenvalue weighted by Crippen LogP contribution is 2.11. The van der Waals surface area contributed by atoms with Crippen molar-refractivity contribution in [2.75, 3.05) is 13.2 Å². The van der Waals surface area contributed by atoms with Crippen molar-refractivity contribution in [1.29, 1.82) is 0 Å². The smallest absolute Gasteiger partial charge is 0.339 e. The highest BCUT2D eigenvalue weighted by atomic mass is 16.5. The van der Waals surface area contributed by atoms with E-state index in [4.69, 9.17) is 9.84 Å². The van der Waals surface area contributed by atoms with Crippen molar-refractivity contribution in [3.63, 3.8) is 0 Å². The lowest BCUT2D eigenvalue weighted by Crippen LogP contribution is -2.32. The van der Waals surface area contributed by atoms with Gasteiger partial charge in [-0.1, -0.05) is 0 Å². The molecule has 18 heavy (non-hydrogen) atoms. The number of carbonyl (C=O) groups is 2. The van der Waals surface area contributed by atoms with Crippen molar-refractivity contribution in [3.05, 3.63) is 17.5 Å². The van der Waals surface area contributed by atoms with Gasteiger partial charge in [-0.3, -0.25) is 9.48 Å². The minimum absolute atomic E-state index is 0.0194. The summed E-state index contributed by atoms with van der Waals surface area (Å²) in [6.07, 6.45) is 3.23. The molecule has 1 fully saturated rings. The molecule has 1 aliphatic heterocycles. The van der Waals surface area contributed by atoms with Gasteiger partial charge in [-0.05, 0) is 12.8 Å². The number of rotatable bonds is 4. The highest BCUT2D eigenvalue weighted by Gasteiger charge is 2.22. The zero-order valence-electron chi connectivity index (χ0n) is 10.0. The van der Waals surface area contributed by atoms with Crippen LogP contribution in [0.2, 0.25) is 0 Å². The first-order chi connectivity index (χ1) is 8.58. The molecule has 0 aliphatic carbocycles. The first kappa shape index (κ1) is 12.6. The summed E-state index contributed by atoms with van der Waals surface area (Å²) >= 11 is 0. The molecule has 0 unspecified atom stereocenters. The number of aromatic nitrogens is 2. The van der Waals surface area contributed by atoms with Crippen molar-refractivity contribution in [3.8, 4) is 0 Å². The lowest BCUT2D eigenvalue weighted by Gasteiger charge is -2.09. The Morgan fingerprint density at radius 1 is 1.67 bits per heavy atom. The minimum Gasteiger partial charge on any atom is -0.478 e. The van der Waals surface area contributed by atoms with E-state index >= 15 is 0 Å². The first-order valence-corrected chi connectivity index (χ1v) is 5.74. The normalized spacial score (nSPS) is 18.8. The molecule has 98 valence electrons. The Hall–Kier alpha value is -1.89. The van der Waals surface area contributed by atoms with Crippen molar-refractivity contribution in [2.45, 2.75) is 18.9 Å². The quantitative estimate of drug-likeness (QED) is 0.789. The number of amides is 1. The van der Waals surface area contributed by atoms with Gasteiger partial charge in [0, 0.05) is 26.4 Å². The molecule has 1 saturated heterocycles. The second kappa shape index (κ2) is 5.18. The third-order valence-corrected chi connectivity index (χ3v) is 2.79. The number of hydrogen-bond donors (Lipinski definition) is 2. The van der Waals surface area contributed by atoms with E-state index in [0.717, 1.165) is 12.8 Å². The number of nitrogens with zero attached hydrogens (tertiary/aromatic N) is 2. The number of hydrogen-bond acceptors (Lipinski definition) is 4. The van der Waals surface area contributed by atoms with E-state index in [1.54, 1.807) is 7.05 Å². The zero-order chi connectivity index (χ0) is 13.1. The number of aromatic carboxylic acids is 1. The molecule has 1 amide bonds. The summed E-state index contributed by atoms with van der Waals surface area (Å²) in [6, 6.07) is 0. The van der Waals surface area contributed by atoms with Crippen LogP contribution in [0.5, 0.6) is 0 Å². The Bertz CT molecular complexity index is 463. The average Bonchev–Trinajstić information content (AvgIpc) is 2.94. The molecule has 1 atom stereocenters. The summed E-state index contributed by atoms with van der Waals surface area (Å²) < 4.78 is 6.68. The van der Waals surface area contributed by atoms with Gasteiger partial charge in [0.05, 0.1) is 6.10 Å². The van der Waals surface area contributed by atoms with Gasteiger partial charge in [0.2, 0.25) is 0 Å². The van der Waals surface area contributed by atoms with E-state index in [1.165, 1.54) is 10.9 Å². The molecule has 0 aromatic carbocycles. The fourth-order valence-electron chi connectivity index (χ4n) is 1.91. The second-order valence-corrected chi connectivity index (χ2v) is 4.22. The van der Waals surface area contributed by atoms with Crippen LogP contribution in [0.1, 0.15) is 33.7 Å². The molecule has 1 aromatic rings. The third-order valence-electron chi connectivity index (χ3n) is 2.79. The Labute approximate surface area is 104 Å². The maximum Gasteiger partial charge on any atom is 0.339 e. The molecule has 1 aliphatic rings. The molecular formula is C11H15N3O4. The van der Waals surface area contributed by atoms with Crippen LogP contribution in [-0.4, -0.2) is 46.0 Å². The lowest BCUT2D eigenvalue weighted by atomic mass is 10.2. The predicted octanol–water partition coefficient (Wildman–Crippen LogP) is 0.0271. The van der Waals surface area contributed by atoms with Gasteiger partial charge < -0.3 is 15.2 Å². The van der Waals surface area contributed by atoms with Crippen LogP contribution in [0.3, 0.4) is 0 Å². The molecule has 0 bridgehead atoms. The van der Waals surface area contributed by atoms with E-state index in [0.29, 0.717) is 13.2 Å². The molecule has 0 spiro atoms. The van der Waals surface area contributed by atoms with Crippen molar-refractivity contribution < 1.29 is 19.4 Å². The lowest BCUT2D eigenvalue weighted by molar-refractivity contribution is 0.0689. The van der Waals surface area contributed by atoms with Crippen LogP contribution in [0.25, 0.3) is 0 Å². The summed E-state index contributed by atoms with van der Waals surface area (Å²) in [5.41, 5.74) is -0.162.